The van der Waals surface area contributed by atoms with Crippen LogP contribution in [0.4, 0.5) is 4.79 Å². The van der Waals surface area contributed by atoms with Gasteiger partial charge in [0.25, 0.3) is 11.8 Å². The first-order valence-electron chi connectivity index (χ1n) is 8.99. The summed E-state index contributed by atoms with van der Waals surface area (Å²) < 4.78 is 10.5. The topological polar surface area (TPSA) is 89.0 Å². The van der Waals surface area contributed by atoms with Crippen molar-refractivity contribution in [2.24, 2.45) is 5.92 Å². The normalized spacial score (nSPS) is 21.1. The number of cyclic esters (lactones) is 1. The average Bonchev–Trinajstić information content (AvgIpc) is 3.22. The van der Waals surface area contributed by atoms with E-state index in [1.807, 2.05) is 0 Å². The van der Waals surface area contributed by atoms with E-state index in [1.54, 1.807) is 23.2 Å². The molecule has 26 heavy (non-hydrogen) atoms. The molecule has 3 heterocycles. The number of nitrogens with zero attached hydrogens (tertiary/aromatic N) is 3. The van der Waals surface area contributed by atoms with Gasteiger partial charge in [0.1, 0.15) is 6.10 Å². The number of ether oxygens (including phenoxy) is 2. The number of imide groups is 1. The summed E-state index contributed by atoms with van der Waals surface area (Å²) in [6.07, 6.45) is 5.69. The summed E-state index contributed by atoms with van der Waals surface area (Å²) in [7, 11) is 0. The van der Waals surface area contributed by atoms with Crippen LogP contribution < -0.4 is 4.74 Å². The van der Waals surface area contributed by atoms with Crippen molar-refractivity contribution in [2.45, 2.75) is 31.8 Å². The van der Waals surface area contributed by atoms with E-state index in [-0.39, 0.29) is 30.4 Å². The van der Waals surface area contributed by atoms with E-state index in [0.717, 1.165) is 17.7 Å². The van der Waals surface area contributed by atoms with E-state index in [1.165, 1.54) is 12.8 Å². The van der Waals surface area contributed by atoms with Crippen LogP contribution in [0.15, 0.2) is 18.3 Å². The molecular formula is C18H21N3O5. The van der Waals surface area contributed by atoms with Crippen molar-refractivity contribution in [1.29, 1.82) is 0 Å². The van der Waals surface area contributed by atoms with Gasteiger partial charge in [-0.05, 0) is 31.7 Å². The standard InChI is InChI=1S/C18H21N3O5/c22-16-11-25-18(24)21(16)10-12-8-20(9-12)17(23)13-5-6-15(19-7-13)26-14-3-1-2-4-14/h5-7,12,14H,1-4,8-11H2. The minimum atomic E-state index is -0.596. The summed E-state index contributed by atoms with van der Waals surface area (Å²) in [4.78, 5) is 42.5. The lowest BCUT2D eigenvalue weighted by atomic mass is 9.98. The van der Waals surface area contributed by atoms with E-state index in [0.29, 0.717) is 31.1 Å². The van der Waals surface area contributed by atoms with Gasteiger partial charge in [-0.15, -0.1) is 0 Å². The second kappa shape index (κ2) is 6.93. The fourth-order valence-electron chi connectivity index (χ4n) is 3.60. The number of likely N-dealkylation sites (tertiary alicyclic amines) is 1. The first-order valence-corrected chi connectivity index (χ1v) is 8.99. The fourth-order valence-corrected chi connectivity index (χ4v) is 3.60. The third-order valence-corrected chi connectivity index (χ3v) is 5.10. The van der Waals surface area contributed by atoms with Crippen LogP contribution in [0.5, 0.6) is 5.88 Å². The van der Waals surface area contributed by atoms with E-state index < -0.39 is 6.09 Å². The molecule has 1 aromatic heterocycles. The Morgan fingerprint density at radius 1 is 1.23 bits per heavy atom. The minimum absolute atomic E-state index is 0.0893. The van der Waals surface area contributed by atoms with Crippen molar-refractivity contribution in [3.8, 4) is 5.88 Å². The van der Waals surface area contributed by atoms with Gasteiger partial charge in [0.15, 0.2) is 6.61 Å². The monoisotopic (exact) mass is 359 g/mol. The lowest BCUT2D eigenvalue weighted by molar-refractivity contribution is -0.126. The van der Waals surface area contributed by atoms with Crippen LogP contribution in [-0.4, -0.2) is 65.0 Å². The van der Waals surface area contributed by atoms with Gasteiger partial charge in [0.05, 0.1) is 5.56 Å². The zero-order chi connectivity index (χ0) is 18.1. The number of aromatic nitrogens is 1. The highest BCUT2D eigenvalue weighted by Crippen LogP contribution is 2.24. The summed E-state index contributed by atoms with van der Waals surface area (Å²) >= 11 is 0. The molecular weight excluding hydrogens is 338 g/mol. The highest BCUT2D eigenvalue weighted by Gasteiger charge is 2.38. The van der Waals surface area contributed by atoms with Crippen LogP contribution in [0.1, 0.15) is 36.0 Å². The SMILES string of the molecule is O=C(c1ccc(OC2CCCC2)nc1)N1CC(CN2C(=O)COC2=O)C1. The third-order valence-electron chi connectivity index (χ3n) is 5.10. The molecule has 0 atom stereocenters. The summed E-state index contributed by atoms with van der Waals surface area (Å²) in [6.45, 7) is 1.13. The van der Waals surface area contributed by atoms with Crippen LogP contribution >= 0.6 is 0 Å². The van der Waals surface area contributed by atoms with Gasteiger partial charge in [-0.1, -0.05) is 0 Å². The maximum absolute atomic E-state index is 12.5. The minimum Gasteiger partial charge on any atom is -0.474 e. The van der Waals surface area contributed by atoms with Gasteiger partial charge in [-0.25, -0.2) is 14.7 Å². The molecule has 1 aromatic rings. The van der Waals surface area contributed by atoms with E-state index in [2.05, 4.69) is 9.72 Å². The molecule has 0 unspecified atom stereocenters. The molecule has 3 aliphatic rings. The van der Waals surface area contributed by atoms with E-state index >= 15 is 0 Å². The van der Waals surface area contributed by atoms with Gasteiger partial charge >= 0.3 is 6.09 Å². The third kappa shape index (κ3) is 3.36. The first kappa shape index (κ1) is 16.8. The van der Waals surface area contributed by atoms with Crippen molar-refractivity contribution in [3.63, 3.8) is 0 Å². The van der Waals surface area contributed by atoms with Crippen molar-refractivity contribution >= 4 is 17.9 Å². The molecule has 1 saturated carbocycles. The summed E-state index contributed by atoms with van der Waals surface area (Å²) in [5, 5.41) is 0. The number of hydrogen-bond acceptors (Lipinski definition) is 6. The Kier molecular flexibility index (Phi) is 4.48. The van der Waals surface area contributed by atoms with Gasteiger partial charge in [0, 0.05) is 37.8 Å². The first-order chi connectivity index (χ1) is 12.6. The Balaban J connectivity index is 1.27. The second-order valence-corrected chi connectivity index (χ2v) is 7.04. The average molecular weight is 359 g/mol. The number of carbonyl (C=O) groups is 3. The highest BCUT2D eigenvalue weighted by molar-refractivity contribution is 5.98. The molecule has 1 aliphatic carbocycles. The van der Waals surface area contributed by atoms with Crippen LogP contribution in [0.25, 0.3) is 0 Å². The number of pyridine rings is 1. The Bertz CT molecular complexity index is 692. The molecule has 0 spiro atoms. The van der Waals surface area contributed by atoms with Gasteiger partial charge < -0.3 is 14.4 Å². The smallest absolute Gasteiger partial charge is 0.417 e. The summed E-state index contributed by atoms with van der Waals surface area (Å²) in [5.74, 6) is 0.228. The van der Waals surface area contributed by atoms with Gasteiger partial charge in [-0.2, -0.15) is 0 Å². The Morgan fingerprint density at radius 3 is 2.62 bits per heavy atom. The second-order valence-electron chi connectivity index (χ2n) is 7.04. The maximum atomic E-state index is 12.5. The number of amides is 3. The van der Waals surface area contributed by atoms with Crippen LogP contribution in [0.2, 0.25) is 0 Å². The van der Waals surface area contributed by atoms with Crippen molar-refractivity contribution in [3.05, 3.63) is 23.9 Å². The van der Waals surface area contributed by atoms with Gasteiger partial charge in [0.2, 0.25) is 5.88 Å². The molecule has 3 fully saturated rings. The highest BCUT2D eigenvalue weighted by atomic mass is 16.6. The predicted molar refractivity (Wildman–Crippen MR) is 89.6 cm³/mol. The Morgan fingerprint density at radius 2 is 2.00 bits per heavy atom. The number of hydrogen-bond donors (Lipinski definition) is 0. The van der Waals surface area contributed by atoms with Crippen molar-refractivity contribution < 1.29 is 23.9 Å². The van der Waals surface area contributed by atoms with E-state index in [4.69, 9.17) is 4.74 Å². The van der Waals surface area contributed by atoms with Crippen molar-refractivity contribution in [2.75, 3.05) is 26.2 Å². The zero-order valence-electron chi connectivity index (χ0n) is 14.4. The lowest BCUT2D eigenvalue weighted by Crippen LogP contribution is -2.54. The maximum Gasteiger partial charge on any atom is 0.417 e. The predicted octanol–water partition coefficient (Wildman–Crippen LogP) is 1.45. The quantitative estimate of drug-likeness (QED) is 0.791. The molecule has 0 N–H and O–H groups in total. The molecule has 2 saturated heterocycles. The lowest BCUT2D eigenvalue weighted by Gasteiger charge is -2.40. The molecule has 4 rings (SSSR count). The van der Waals surface area contributed by atoms with E-state index in [9.17, 15) is 14.4 Å². The number of carbonyl (C=O) groups excluding carboxylic acids is 3. The van der Waals surface area contributed by atoms with Crippen molar-refractivity contribution in [1.82, 2.24) is 14.8 Å². The molecule has 138 valence electrons. The molecule has 0 aromatic carbocycles. The Labute approximate surface area is 151 Å². The largest absolute Gasteiger partial charge is 0.474 e. The summed E-state index contributed by atoms with van der Waals surface area (Å²) in [5.41, 5.74) is 0.513. The van der Waals surface area contributed by atoms with Gasteiger partial charge in [-0.3, -0.25) is 9.59 Å². The zero-order valence-corrected chi connectivity index (χ0v) is 14.4. The fraction of sp³-hybridized carbons (Fsp3) is 0.556. The molecule has 0 bridgehead atoms. The molecule has 8 heteroatoms. The van der Waals surface area contributed by atoms with Crippen LogP contribution in [0.3, 0.4) is 0 Å². The Hall–Kier alpha value is -2.64. The summed E-state index contributed by atoms with van der Waals surface area (Å²) in [6, 6.07) is 3.47. The molecule has 8 nitrogen and oxygen atoms in total. The molecule has 0 radical (unpaired) electrons. The molecule has 3 amide bonds. The number of rotatable bonds is 5. The van der Waals surface area contributed by atoms with Crippen LogP contribution in [-0.2, 0) is 9.53 Å². The van der Waals surface area contributed by atoms with Crippen LogP contribution in [0, 0.1) is 5.92 Å². The molecule has 2 aliphatic heterocycles.